The van der Waals surface area contributed by atoms with Gasteiger partial charge >= 0.3 is 0 Å². The van der Waals surface area contributed by atoms with Crippen molar-refractivity contribution in [1.29, 1.82) is 0 Å². The van der Waals surface area contributed by atoms with E-state index in [9.17, 15) is 9.59 Å². The number of anilines is 2. The highest BCUT2D eigenvalue weighted by Crippen LogP contribution is 2.28. The molecule has 0 aliphatic carbocycles. The van der Waals surface area contributed by atoms with Crippen LogP contribution in [0.1, 0.15) is 33.1 Å². The Hall–Kier alpha value is -2.48. The first-order chi connectivity index (χ1) is 13.3. The maximum Gasteiger partial charge on any atom is 0.249 e. The van der Waals surface area contributed by atoms with Gasteiger partial charge in [-0.25, -0.2) is 0 Å². The van der Waals surface area contributed by atoms with Crippen LogP contribution in [0.25, 0.3) is 10.6 Å². The van der Waals surface area contributed by atoms with E-state index in [1.165, 1.54) is 11.3 Å². The van der Waals surface area contributed by atoms with Gasteiger partial charge in [0.05, 0.1) is 0 Å². The van der Waals surface area contributed by atoms with E-state index in [1.54, 1.807) is 4.90 Å². The summed E-state index contributed by atoms with van der Waals surface area (Å²) in [6.45, 7) is 4.66. The minimum Gasteiger partial charge on any atom is -0.378 e. The second-order valence-corrected chi connectivity index (χ2v) is 8.66. The summed E-state index contributed by atoms with van der Waals surface area (Å²) in [5, 5.41) is 12.3. The molecule has 1 aromatic heterocycles. The Bertz CT molecular complexity index is 831. The molecule has 0 radical (unpaired) electrons. The number of hydrogen-bond donors (Lipinski definition) is 1. The molecule has 0 spiro atoms. The van der Waals surface area contributed by atoms with Gasteiger partial charge in [-0.2, -0.15) is 0 Å². The highest BCUT2D eigenvalue weighted by Gasteiger charge is 2.34. The quantitative estimate of drug-likeness (QED) is 0.804. The third-order valence-electron chi connectivity index (χ3n) is 4.74. The van der Waals surface area contributed by atoms with Crippen LogP contribution >= 0.6 is 11.3 Å². The fraction of sp³-hybridized carbons (Fsp3) is 0.500. The normalized spacial score (nSPS) is 16.5. The summed E-state index contributed by atoms with van der Waals surface area (Å²) >= 11 is 1.34. The average Bonchev–Trinajstić information content (AvgIpc) is 3.30. The van der Waals surface area contributed by atoms with Gasteiger partial charge in [0.25, 0.3) is 0 Å². The standard InChI is InChI=1S/C20H27N5O2S/c1-13(2)12-17(26)25-11-5-6-16(25)18(27)21-20-23-22-19(28-20)14-7-9-15(10-8-14)24(3)4/h7-10,13,16H,5-6,11-12H2,1-4H3,(H,21,23,27). The summed E-state index contributed by atoms with van der Waals surface area (Å²) in [4.78, 5) is 28.9. The molecule has 1 N–H and O–H groups in total. The van der Waals surface area contributed by atoms with Crippen LogP contribution in [0.4, 0.5) is 10.8 Å². The molecule has 7 nitrogen and oxygen atoms in total. The van der Waals surface area contributed by atoms with Gasteiger partial charge in [0.2, 0.25) is 16.9 Å². The Morgan fingerprint density at radius 2 is 1.96 bits per heavy atom. The number of benzene rings is 1. The van der Waals surface area contributed by atoms with E-state index in [0.717, 1.165) is 22.7 Å². The predicted molar refractivity (Wildman–Crippen MR) is 112 cm³/mol. The Labute approximate surface area is 169 Å². The van der Waals surface area contributed by atoms with E-state index in [0.29, 0.717) is 24.5 Å². The Kier molecular flexibility index (Phi) is 6.28. The number of aromatic nitrogens is 2. The van der Waals surface area contributed by atoms with Crippen LogP contribution < -0.4 is 10.2 Å². The van der Waals surface area contributed by atoms with Crippen LogP contribution in [0.5, 0.6) is 0 Å². The molecular weight excluding hydrogens is 374 g/mol. The number of carbonyl (C=O) groups excluding carboxylic acids is 2. The van der Waals surface area contributed by atoms with E-state index in [2.05, 4.69) is 15.5 Å². The largest absolute Gasteiger partial charge is 0.378 e. The fourth-order valence-electron chi connectivity index (χ4n) is 3.29. The second-order valence-electron chi connectivity index (χ2n) is 7.69. The molecule has 1 unspecified atom stereocenters. The van der Waals surface area contributed by atoms with Gasteiger partial charge in [0.1, 0.15) is 11.0 Å². The molecule has 1 aliphatic rings. The van der Waals surface area contributed by atoms with E-state index in [-0.39, 0.29) is 17.7 Å². The van der Waals surface area contributed by atoms with Gasteiger partial charge in [-0.3, -0.25) is 14.9 Å². The summed E-state index contributed by atoms with van der Waals surface area (Å²) in [5.41, 5.74) is 2.06. The van der Waals surface area contributed by atoms with E-state index in [1.807, 2.05) is 57.1 Å². The molecule has 8 heteroatoms. The lowest BCUT2D eigenvalue weighted by molar-refractivity contribution is -0.137. The number of carbonyl (C=O) groups is 2. The lowest BCUT2D eigenvalue weighted by Gasteiger charge is -2.24. The maximum absolute atomic E-state index is 12.7. The number of likely N-dealkylation sites (tertiary alicyclic amines) is 1. The molecule has 2 heterocycles. The molecular formula is C20H27N5O2S. The first-order valence-electron chi connectivity index (χ1n) is 9.56. The van der Waals surface area contributed by atoms with Crippen molar-refractivity contribution in [3.05, 3.63) is 24.3 Å². The molecule has 150 valence electrons. The molecule has 1 aromatic carbocycles. The first-order valence-corrected chi connectivity index (χ1v) is 10.4. The van der Waals surface area contributed by atoms with Crippen LogP contribution in [0.15, 0.2) is 24.3 Å². The Morgan fingerprint density at radius 3 is 2.61 bits per heavy atom. The molecule has 0 bridgehead atoms. The summed E-state index contributed by atoms with van der Waals surface area (Å²) in [6.07, 6.45) is 2.00. The SMILES string of the molecule is CC(C)CC(=O)N1CCCC1C(=O)Nc1nnc(-c2ccc(N(C)C)cc2)s1. The van der Waals surface area contributed by atoms with Gasteiger partial charge in [-0.05, 0) is 43.0 Å². The predicted octanol–water partition coefficient (Wildman–Crippen LogP) is 3.25. The molecule has 3 rings (SSSR count). The number of hydrogen-bond acceptors (Lipinski definition) is 6. The lowest BCUT2D eigenvalue weighted by atomic mass is 10.1. The van der Waals surface area contributed by atoms with Gasteiger partial charge in [-0.1, -0.05) is 25.2 Å². The van der Waals surface area contributed by atoms with Crippen molar-refractivity contribution >= 4 is 34.0 Å². The average molecular weight is 402 g/mol. The zero-order valence-corrected chi connectivity index (χ0v) is 17.6. The van der Waals surface area contributed by atoms with Crippen molar-refractivity contribution in [3.8, 4) is 10.6 Å². The number of nitrogens with zero attached hydrogens (tertiary/aromatic N) is 4. The van der Waals surface area contributed by atoms with Gasteiger partial charge in [-0.15, -0.1) is 10.2 Å². The molecule has 1 fully saturated rings. The van der Waals surface area contributed by atoms with Crippen molar-refractivity contribution in [3.63, 3.8) is 0 Å². The summed E-state index contributed by atoms with van der Waals surface area (Å²) < 4.78 is 0. The summed E-state index contributed by atoms with van der Waals surface area (Å²) in [6, 6.07) is 7.60. The Balaban J connectivity index is 1.65. The van der Waals surface area contributed by atoms with Crippen LogP contribution in [0.3, 0.4) is 0 Å². The van der Waals surface area contributed by atoms with Crippen LogP contribution in [0, 0.1) is 5.92 Å². The minimum atomic E-state index is -0.419. The van der Waals surface area contributed by atoms with Gasteiger partial charge < -0.3 is 9.80 Å². The molecule has 1 aliphatic heterocycles. The summed E-state index contributed by atoms with van der Waals surface area (Å²) in [7, 11) is 3.98. The van der Waals surface area contributed by atoms with Crippen molar-refractivity contribution < 1.29 is 9.59 Å². The molecule has 0 saturated carbocycles. The van der Waals surface area contributed by atoms with E-state index in [4.69, 9.17) is 0 Å². The van der Waals surface area contributed by atoms with Crippen LogP contribution in [-0.4, -0.2) is 53.6 Å². The van der Waals surface area contributed by atoms with Crippen LogP contribution in [-0.2, 0) is 9.59 Å². The van der Waals surface area contributed by atoms with E-state index < -0.39 is 6.04 Å². The smallest absolute Gasteiger partial charge is 0.249 e. The lowest BCUT2D eigenvalue weighted by Crippen LogP contribution is -2.43. The third-order valence-corrected chi connectivity index (χ3v) is 5.63. The fourth-order valence-corrected chi connectivity index (χ4v) is 4.04. The highest BCUT2D eigenvalue weighted by molar-refractivity contribution is 7.18. The highest BCUT2D eigenvalue weighted by atomic mass is 32.1. The van der Waals surface area contributed by atoms with Crippen molar-refractivity contribution in [2.24, 2.45) is 5.92 Å². The topological polar surface area (TPSA) is 78.4 Å². The molecule has 1 atom stereocenters. The number of nitrogens with one attached hydrogen (secondary N) is 1. The monoisotopic (exact) mass is 401 g/mol. The molecule has 28 heavy (non-hydrogen) atoms. The zero-order chi connectivity index (χ0) is 20.3. The van der Waals surface area contributed by atoms with Gasteiger partial charge in [0, 0.05) is 38.3 Å². The first kappa shape index (κ1) is 20.3. The van der Waals surface area contributed by atoms with Crippen molar-refractivity contribution in [1.82, 2.24) is 15.1 Å². The number of amides is 2. The molecule has 1 saturated heterocycles. The summed E-state index contributed by atoms with van der Waals surface area (Å²) in [5.74, 6) is 0.147. The molecule has 2 amide bonds. The third kappa shape index (κ3) is 4.67. The van der Waals surface area contributed by atoms with Crippen LogP contribution in [0.2, 0.25) is 0 Å². The van der Waals surface area contributed by atoms with Crippen molar-refractivity contribution in [2.75, 3.05) is 30.9 Å². The minimum absolute atomic E-state index is 0.0478. The Morgan fingerprint density at radius 1 is 1.25 bits per heavy atom. The zero-order valence-electron chi connectivity index (χ0n) is 16.8. The number of rotatable bonds is 6. The van der Waals surface area contributed by atoms with Crippen molar-refractivity contribution in [2.45, 2.75) is 39.2 Å². The second kappa shape index (κ2) is 8.68. The van der Waals surface area contributed by atoms with Gasteiger partial charge in [0.15, 0.2) is 0 Å². The van der Waals surface area contributed by atoms with E-state index >= 15 is 0 Å². The maximum atomic E-state index is 12.7. The molecule has 2 aromatic rings.